The predicted molar refractivity (Wildman–Crippen MR) is 86.9 cm³/mol. The lowest BCUT2D eigenvalue weighted by Crippen LogP contribution is -2.44. The summed E-state index contributed by atoms with van der Waals surface area (Å²) in [5.74, 6) is -0.389. The zero-order valence-electron chi connectivity index (χ0n) is 13.9. The smallest absolute Gasteiger partial charge is 0.338 e. The normalized spacial score (nSPS) is 11.9. The zero-order chi connectivity index (χ0) is 17.1. The highest BCUT2D eigenvalue weighted by atomic mass is 28.4. The number of nitrogens with zero attached hydrogens (tertiary/aromatic N) is 1. The van der Waals surface area contributed by atoms with Gasteiger partial charge in [0.1, 0.15) is 0 Å². The SMILES string of the molecule is CCOC(=O)c1ccc([N+](=O)[O-])c(O[Si](C)(C)C(C)(C)C)c1. The Morgan fingerprint density at radius 1 is 1.32 bits per heavy atom. The molecule has 0 heterocycles. The minimum Gasteiger partial charge on any atom is -0.539 e. The predicted octanol–water partition coefficient (Wildman–Crippen LogP) is 4.16. The Hall–Kier alpha value is -1.89. The molecule has 0 atom stereocenters. The van der Waals surface area contributed by atoms with Gasteiger partial charge in [-0.1, -0.05) is 20.8 Å². The van der Waals surface area contributed by atoms with E-state index < -0.39 is 19.2 Å². The summed E-state index contributed by atoms with van der Waals surface area (Å²) < 4.78 is 10.9. The van der Waals surface area contributed by atoms with E-state index in [1.807, 2.05) is 33.9 Å². The number of benzene rings is 1. The van der Waals surface area contributed by atoms with E-state index in [1.165, 1.54) is 18.2 Å². The molecular weight excluding hydrogens is 302 g/mol. The molecule has 22 heavy (non-hydrogen) atoms. The van der Waals surface area contributed by atoms with Gasteiger partial charge in [0, 0.05) is 12.1 Å². The van der Waals surface area contributed by atoms with E-state index >= 15 is 0 Å². The number of nitro groups is 1. The van der Waals surface area contributed by atoms with Crippen LogP contribution in [0, 0.1) is 10.1 Å². The van der Waals surface area contributed by atoms with Gasteiger partial charge in [-0.25, -0.2) is 4.79 Å². The Morgan fingerprint density at radius 3 is 2.36 bits per heavy atom. The van der Waals surface area contributed by atoms with Crippen LogP contribution in [0.1, 0.15) is 38.1 Å². The van der Waals surface area contributed by atoms with E-state index in [9.17, 15) is 14.9 Å². The van der Waals surface area contributed by atoms with Crippen LogP contribution in [0.4, 0.5) is 5.69 Å². The number of ether oxygens (including phenoxy) is 1. The number of carbonyl (C=O) groups excluding carboxylic acids is 1. The summed E-state index contributed by atoms with van der Waals surface area (Å²) in [4.78, 5) is 22.5. The molecule has 0 spiro atoms. The summed E-state index contributed by atoms with van der Waals surface area (Å²) in [5.41, 5.74) is 0.110. The summed E-state index contributed by atoms with van der Waals surface area (Å²) in [5, 5.41) is 11.1. The molecule has 1 rings (SSSR count). The van der Waals surface area contributed by atoms with E-state index in [4.69, 9.17) is 9.16 Å². The van der Waals surface area contributed by atoms with Crippen molar-refractivity contribution in [2.75, 3.05) is 6.61 Å². The Morgan fingerprint density at radius 2 is 1.91 bits per heavy atom. The summed E-state index contributed by atoms with van der Waals surface area (Å²) in [6, 6.07) is 4.07. The highest BCUT2D eigenvalue weighted by Crippen LogP contribution is 2.40. The number of carbonyl (C=O) groups is 1. The topological polar surface area (TPSA) is 78.7 Å². The van der Waals surface area contributed by atoms with Gasteiger partial charge in [0.05, 0.1) is 17.1 Å². The van der Waals surface area contributed by atoms with Crippen molar-refractivity contribution in [1.29, 1.82) is 0 Å². The minimum absolute atomic E-state index is 0.110. The second-order valence-electron chi connectivity index (χ2n) is 6.52. The van der Waals surface area contributed by atoms with Gasteiger partial charge >= 0.3 is 11.7 Å². The van der Waals surface area contributed by atoms with Gasteiger partial charge in [-0.15, -0.1) is 0 Å². The number of hydrogen-bond acceptors (Lipinski definition) is 5. The maximum atomic E-state index is 11.8. The second kappa shape index (κ2) is 6.47. The minimum atomic E-state index is -2.26. The van der Waals surface area contributed by atoms with Gasteiger partial charge < -0.3 is 9.16 Å². The Bertz CT molecular complexity index is 578. The lowest BCUT2D eigenvalue weighted by molar-refractivity contribution is -0.385. The molecule has 0 saturated carbocycles. The fraction of sp³-hybridized carbons (Fsp3) is 0.533. The second-order valence-corrected chi connectivity index (χ2v) is 11.2. The van der Waals surface area contributed by atoms with Gasteiger partial charge in [0.25, 0.3) is 8.32 Å². The third-order valence-electron chi connectivity index (χ3n) is 3.84. The highest BCUT2D eigenvalue weighted by molar-refractivity contribution is 6.74. The fourth-order valence-electron chi connectivity index (χ4n) is 1.52. The lowest BCUT2D eigenvalue weighted by Gasteiger charge is -2.36. The quantitative estimate of drug-likeness (QED) is 0.351. The highest BCUT2D eigenvalue weighted by Gasteiger charge is 2.40. The third kappa shape index (κ3) is 4.06. The molecule has 1 aromatic rings. The zero-order valence-corrected chi connectivity index (χ0v) is 14.9. The summed E-state index contributed by atoms with van der Waals surface area (Å²) >= 11 is 0. The maximum Gasteiger partial charge on any atom is 0.338 e. The van der Waals surface area contributed by atoms with Gasteiger partial charge in [-0.05, 0) is 31.1 Å². The number of esters is 1. The van der Waals surface area contributed by atoms with Gasteiger partial charge in [0.2, 0.25) is 0 Å². The molecule has 0 saturated heterocycles. The average Bonchev–Trinajstić information content (AvgIpc) is 2.36. The molecule has 0 aromatic heterocycles. The molecule has 0 aliphatic carbocycles. The van der Waals surface area contributed by atoms with E-state index in [2.05, 4.69) is 0 Å². The lowest BCUT2D eigenvalue weighted by atomic mass is 10.2. The molecule has 122 valence electrons. The van der Waals surface area contributed by atoms with Crippen LogP contribution in [-0.2, 0) is 4.74 Å². The molecular formula is C15H23NO5Si. The average molecular weight is 325 g/mol. The van der Waals surface area contributed by atoms with Gasteiger partial charge in [0.15, 0.2) is 5.75 Å². The molecule has 0 fully saturated rings. The van der Waals surface area contributed by atoms with Crippen molar-refractivity contribution < 1.29 is 18.9 Å². The van der Waals surface area contributed by atoms with Crippen LogP contribution in [0.3, 0.4) is 0 Å². The van der Waals surface area contributed by atoms with Crippen molar-refractivity contribution in [3.8, 4) is 5.75 Å². The summed E-state index contributed by atoms with van der Waals surface area (Å²) in [6.45, 7) is 12.1. The molecule has 6 nitrogen and oxygen atoms in total. The van der Waals surface area contributed by atoms with Crippen LogP contribution >= 0.6 is 0 Å². The Kier molecular flexibility index (Phi) is 5.34. The number of nitro benzene ring substituents is 1. The molecule has 0 radical (unpaired) electrons. The first-order valence-corrected chi connectivity index (χ1v) is 10.0. The Labute approximate surface area is 131 Å². The van der Waals surface area contributed by atoms with Crippen LogP contribution in [0.15, 0.2) is 18.2 Å². The van der Waals surface area contributed by atoms with Crippen LogP contribution < -0.4 is 4.43 Å². The monoisotopic (exact) mass is 325 g/mol. The van der Waals surface area contributed by atoms with Crippen molar-refractivity contribution in [1.82, 2.24) is 0 Å². The first kappa shape index (κ1) is 18.2. The fourth-order valence-corrected chi connectivity index (χ4v) is 2.54. The van der Waals surface area contributed by atoms with Gasteiger partial charge in [-0.3, -0.25) is 10.1 Å². The van der Waals surface area contributed by atoms with Crippen molar-refractivity contribution in [3.05, 3.63) is 33.9 Å². The number of hydrogen-bond donors (Lipinski definition) is 0. The largest absolute Gasteiger partial charge is 0.539 e. The van der Waals surface area contributed by atoms with E-state index in [-0.39, 0.29) is 28.6 Å². The van der Waals surface area contributed by atoms with Crippen molar-refractivity contribution >= 4 is 20.0 Å². The van der Waals surface area contributed by atoms with Crippen LogP contribution in [-0.4, -0.2) is 25.8 Å². The number of rotatable bonds is 5. The molecule has 0 aliphatic rings. The standard InChI is InChI=1S/C15H23NO5Si/c1-7-20-14(17)11-8-9-12(16(18)19)13(10-11)21-22(5,6)15(2,3)4/h8-10H,7H2,1-6H3. The van der Waals surface area contributed by atoms with E-state index in [0.717, 1.165) is 0 Å². The molecule has 1 aromatic carbocycles. The molecule has 0 aliphatic heterocycles. The van der Waals surface area contributed by atoms with Crippen molar-refractivity contribution in [2.45, 2.75) is 45.8 Å². The molecule has 0 amide bonds. The van der Waals surface area contributed by atoms with Crippen molar-refractivity contribution in [3.63, 3.8) is 0 Å². The maximum absolute atomic E-state index is 11.8. The summed E-state index contributed by atoms with van der Waals surface area (Å²) in [6.07, 6.45) is 0. The summed E-state index contributed by atoms with van der Waals surface area (Å²) in [7, 11) is -2.26. The van der Waals surface area contributed by atoms with E-state index in [1.54, 1.807) is 6.92 Å². The third-order valence-corrected chi connectivity index (χ3v) is 8.18. The molecule has 7 heteroatoms. The first-order valence-electron chi connectivity index (χ1n) is 7.14. The van der Waals surface area contributed by atoms with Crippen LogP contribution in [0.5, 0.6) is 5.75 Å². The molecule has 0 unspecified atom stereocenters. The molecule has 0 bridgehead atoms. The van der Waals surface area contributed by atoms with Crippen LogP contribution in [0.2, 0.25) is 18.1 Å². The van der Waals surface area contributed by atoms with E-state index in [0.29, 0.717) is 0 Å². The molecule has 0 N–H and O–H groups in total. The Balaban J connectivity index is 3.27. The van der Waals surface area contributed by atoms with Crippen LogP contribution in [0.25, 0.3) is 0 Å². The van der Waals surface area contributed by atoms with Gasteiger partial charge in [-0.2, -0.15) is 0 Å². The first-order chi connectivity index (χ1) is 9.99. The van der Waals surface area contributed by atoms with Crippen molar-refractivity contribution in [2.24, 2.45) is 0 Å².